The Balaban J connectivity index is 1.56. The first-order valence-electron chi connectivity index (χ1n) is 11.0. The van der Waals surface area contributed by atoms with Crippen molar-refractivity contribution >= 4 is 10.9 Å². The van der Waals surface area contributed by atoms with E-state index in [0.29, 0.717) is 11.6 Å². The van der Waals surface area contributed by atoms with E-state index in [2.05, 4.69) is 78.6 Å². The smallest absolute Gasteiger partial charge is 0.324 e. The number of aromatic amines is 3. The molecule has 0 radical (unpaired) electrons. The van der Waals surface area contributed by atoms with Crippen molar-refractivity contribution in [1.82, 2.24) is 30.4 Å². The Kier molecular flexibility index (Phi) is 4.90. The maximum atomic E-state index is 5.10. The van der Waals surface area contributed by atoms with E-state index in [9.17, 15) is 0 Å². The highest BCUT2D eigenvalue weighted by molar-refractivity contribution is 5.97. The van der Waals surface area contributed by atoms with Gasteiger partial charge in [0.05, 0.1) is 17.8 Å². The van der Waals surface area contributed by atoms with Crippen molar-refractivity contribution in [3.05, 3.63) is 90.8 Å². The van der Waals surface area contributed by atoms with Gasteiger partial charge in [0, 0.05) is 39.6 Å². The molecule has 4 heterocycles. The summed E-state index contributed by atoms with van der Waals surface area (Å²) in [5.74, 6) is 1.35. The molecule has 0 aliphatic rings. The van der Waals surface area contributed by atoms with Crippen LogP contribution in [0.5, 0.6) is 0 Å². The van der Waals surface area contributed by atoms with Gasteiger partial charge in [-0.25, -0.2) is 15.0 Å². The van der Waals surface area contributed by atoms with Gasteiger partial charge in [0.15, 0.2) is 0 Å². The number of nitrogens with zero attached hydrogens (tertiary/aromatic N) is 4. The molecule has 34 heavy (non-hydrogen) atoms. The zero-order chi connectivity index (χ0) is 22.9. The molecule has 0 spiro atoms. The number of fused-ring (bicyclic) bond motifs is 1. The fraction of sp³-hybridized carbons (Fsp3) is 0.0385. The van der Waals surface area contributed by atoms with Crippen molar-refractivity contribution in [3.8, 4) is 45.4 Å². The topological polar surface area (TPSA) is 125 Å². The molecule has 4 aromatic heterocycles. The van der Waals surface area contributed by atoms with E-state index in [1.54, 1.807) is 12.4 Å². The largest absolute Gasteiger partial charge is 0.354 e. The number of nitrogens with one attached hydrogen (secondary N) is 3. The first kappa shape index (κ1) is 20.0. The summed E-state index contributed by atoms with van der Waals surface area (Å²) in [5.41, 5.74) is 11.7. The van der Waals surface area contributed by atoms with E-state index in [1.807, 2.05) is 30.3 Å². The van der Waals surface area contributed by atoms with Gasteiger partial charge < -0.3 is 5.73 Å². The van der Waals surface area contributed by atoms with Crippen molar-refractivity contribution in [3.63, 3.8) is 0 Å². The molecule has 0 aliphatic carbocycles. The molecular formula is C26H22N8+2. The van der Waals surface area contributed by atoms with E-state index in [4.69, 9.17) is 4.98 Å². The Bertz CT molecular complexity index is 1570. The van der Waals surface area contributed by atoms with Gasteiger partial charge in [0.2, 0.25) is 0 Å². The quantitative estimate of drug-likeness (QED) is 0.376. The molecule has 0 unspecified atom stereocenters. The number of hydrogen-bond donors (Lipinski definition) is 3. The summed E-state index contributed by atoms with van der Waals surface area (Å²) >= 11 is 0. The Morgan fingerprint density at radius 2 is 1.68 bits per heavy atom. The average molecular weight is 447 g/mol. The lowest BCUT2D eigenvalue weighted by Crippen LogP contribution is -2.47. The van der Waals surface area contributed by atoms with Gasteiger partial charge in [0.1, 0.15) is 11.4 Å². The van der Waals surface area contributed by atoms with E-state index >= 15 is 0 Å². The second kappa shape index (κ2) is 8.34. The molecule has 6 aromatic rings. The molecule has 0 saturated carbocycles. The molecule has 0 aliphatic heterocycles. The summed E-state index contributed by atoms with van der Waals surface area (Å²) in [6.07, 6.45) is 3.46. The lowest BCUT2D eigenvalue weighted by Gasteiger charge is -2.12. The van der Waals surface area contributed by atoms with Crippen LogP contribution in [-0.2, 0) is 6.54 Å². The van der Waals surface area contributed by atoms with Crippen LogP contribution in [0.15, 0.2) is 85.2 Å². The lowest BCUT2D eigenvalue weighted by atomic mass is 9.96. The minimum Gasteiger partial charge on any atom is -0.354 e. The van der Waals surface area contributed by atoms with Gasteiger partial charge in [-0.05, 0) is 23.8 Å². The number of rotatable bonds is 5. The number of hydrogen-bond acceptors (Lipinski definition) is 4. The Hall–Kier alpha value is -4.69. The van der Waals surface area contributed by atoms with Gasteiger partial charge >= 0.3 is 5.82 Å². The Morgan fingerprint density at radius 1 is 0.824 bits per heavy atom. The van der Waals surface area contributed by atoms with Crippen LogP contribution in [0.25, 0.3) is 56.3 Å². The summed E-state index contributed by atoms with van der Waals surface area (Å²) in [6.45, 7) is 0.757. The molecule has 0 fully saturated rings. The van der Waals surface area contributed by atoms with Gasteiger partial charge in [-0.1, -0.05) is 54.6 Å². The number of pyridine rings is 2. The van der Waals surface area contributed by atoms with Crippen molar-refractivity contribution in [2.45, 2.75) is 6.54 Å². The second-order valence-corrected chi connectivity index (χ2v) is 7.97. The number of H-pyrrole nitrogens is 3. The zero-order valence-corrected chi connectivity index (χ0v) is 18.3. The molecule has 6 N–H and O–H groups in total. The molecule has 0 saturated heterocycles. The maximum Gasteiger partial charge on any atom is 0.324 e. The van der Waals surface area contributed by atoms with Crippen LogP contribution in [0, 0.1) is 0 Å². The minimum absolute atomic E-state index is 0.657. The predicted molar refractivity (Wildman–Crippen MR) is 129 cm³/mol. The van der Waals surface area contributed by atoms with Crippen LogP contribution in [0.2, 0.25) is 0 Å². The molecule has 8 nitrogen and oxygen atoms in total. The van der Waals surface area contributed by atoms with Crippen LogP contribution < -0.4 is 10.7 Å². The first-order chi connectivity index (χ1) is 16.8. The normalized spacial score (nSPS) is 11.2. The van der Waals surface area contributed by atoms with Crippen molar-refractivity contribution in [1.29, 1.82) is 0 Å². The molecule has 6 rings (SSSR count). The molecule has 164 valence electrons. The minimum atomic E-state index is 0.657. The van der Waals surface area contributed by atoms with Crippen LogP contribution in [0.3, 0.4) is 0 Å². The Morgan fingerprint density at radius 3 is 2.44 bits per heavy atom. The van der Waals surface area contributed by atoms with Crippen LogP contribution in [-0.4, -0.2) is 30.4 Å². The Labute approximate surface area is 194 Å². The van der Waals surface area contributed by atoms with Gasteiger partial charge in [-0.2, -0.15) is 5.10 Å². The van der Waals surface area contributed by atoms with Gasteiger partial charge in [-0.15, -0.1) is 5.10 Å². The average Bonchev–Trinajstić information content (AvgIpc) is 3.61. The van der Waals surface area contributed by atoms with Crippen molar-refractivity contribution in [2.75, 3.05) is 0 Å². The number of benzene rings is 2. The molecule has 8 heteroatoms. The highest BCUT2D eigenvalue weighted by atomic mass is 15.2. The summed E-state index contributed by atoms with van der Waals surface area (Å²) in [7, 11) is 0. The molecule has 2 aromatic carbocycles. The zero-order valence-electron chi connectivity index (χ0n) is 18.3. The number of quaternary nitrogens is 1. The second-order valence-electron chi connectivity index (χ2n) is 7.97. The van der Waals surface area contributed by atoms with Crippen LogP contribution >= 0.6 is 0 Å². The van der Waals surface area contributed by atoms with E-state index in [-0.39, 0.29) is 0 Å². The monoisotopic (exact) mass is 446 g/mol. The standard InChI is InChI=1S/C26H20N8/c27-15-16-6-8-18(9-7-16)23-19(17-4-2-1-3-5-17)14-20-21(30-23)10-12-28-24(20)26-31-25(33-34-26)22-11-13-29-32-22/h1-14H,15,27H2,(H,29,32)(H,31,33,34)/p+2. The number of aromatic nitrogens is 7. The van der Waals surface area contributed by atoms with Crippen LogP contribution in [0.4, 0.5) is 0 Å². The highest BCUT2D eigenvalue weighted by Gasteiger charge is 2.21. The summed E-state index contributed by atoms with van der Waals surface area (Å²) in [6, 6.07) is 24.7. The van der Waals surface area contributed by atoms with Gasteiger partial charge in [0.25, 0.3) is 5.82 Å². The predicted octanol–water partition coefficient (Wildman–Crippen LogP) is 3.30. The van der Waals surface area contributed by atoms with E-state index in [0.717, 1.165) is 51.2 Å². The summed E-state index contributed by atoms with van der Waals surface area (Å²) in [4.78, 5) is 13.1. The molecule has 0 atom stereocenters. The summed E-state index contributed by atoms with van der Waals surface area (Å²) < 4.78 is 0. The van der Waals surface area contributed by atoms with E-state index < -0.39 is 0 Å². The molecular weight excluding hydrogens is 424 g/mol. The van der Waals surface area contributed by atoms with Crippen molar-refractivity contribution in [2.24, 2.45) is 0 Å². The third kappa shape index (κ3) is 3.52. The maximum absolute atomic E-state index is 5.10. The highest BCUT2D eigenvalue weighted by Crippen LogP contribution is 2.35. The summed E-state index contributed by atoms with van der Waals surface area (Å²) in [5, 5.41) is 15.3. The first-order valence-corrected chi connectivity index (χ1v) is 11.0. The SMILES string of the molecule is [NH3+]Cc1ccc(-c2nc3ccnc(-c4[nH]nc(-c5ccn[nH]5)[nH+]4)c3cc2-c2ccccc2)cc1. The lowest BCUT2D eigenvalue weighted by molar-refractivity contribution is -0.386. The molecule has 0 bridgehead atoms. The third-order valence-electron chi connectivity index (χ3n) is 5.86. The van der Waals surface area contributed by atoms with Gasteiger partial charge in [-0.3, -0.25) is 5.10 Å². The molecule has 0 amide bonds. The third-order valence-corrected chi connectivity index (χ3v) is 5.86. The van der Waals surface area contributed by atoms with Crippen LogP contribution in [0.1, 0.15) is 5.56 Å². The van der Waals surface area contributed by atoms with E-state index in [1.165, 1.54) is 5.56 Å². The fourth-order valence-corrected chi connectivity index (χ4v) is 4.10. The van der Waals surface area contributed by atoms with Crippen molar-refractivity contribution < 1.29 is 10.7 Å². The fourth-order valence-electron chi connectivity index (χ4n) is 4.10.